The Morgan fingerprint density at radius 2 is 2.14 bits per heavy atom. The first-order chi connectivity index (χ1) is 6.42. The van der Waals surface area contributed by atoms with E-state index >= 15 is 0 Å². The fourth-order valence-corrected chi connectivity index (χ4v) is 2.12. The molecule has 0 atom stereocenters. The van der Waals surface area contributed by atoms with Crippen molar-refractivity contribution in [3.8, 4) is 6.07 Å². The highest BCUT2D eigenvalue weighted by atomic mass is 79.9. The minimum absolute atomic E-state index is 0.242. The smallest absolute Gasteiger partial charge is 0.194 e. The molecule has 0 bridgehead atoms. The van der Waals surface area contributed by atoms with Gasteiger partial charge < -0.3 is 0 Å². The number of hydrogen-bond donors (Lipinski definition) is 0. The van der Waals surface area contributed by atoms with Crippen molar-refractivity contribution in [1.29, 1.82) is 5.26 Å². The van der Waals surface area contributed by atoms with Crippen LogP contribution in [0, 0.1) is 11.3 Å². The van der Waals surface area contributed by atoms with Gasteiger partial charge in [0.1, 0.15) is 5.75 Å². The second-order valence-electron chi connectivity index (χ2n) is 2.60. The Morgan fingerprint density at radius 1 is 1.50 bits per heavy atom. The van der Waals surface area contributed by atoms with E-state index in [4.69, 9.17) is 5.26 Å². The van der Waals surface area contributed by atoms with Gasteiger partial charge in [-0.2, -0.15) is 13.7 Å². The minimum Gasteiger partial charge on any atom is -0.194 e. The summed E-state index contributed by atoms with van der Waals surface area (Å²) in [7, 11) is -4.56. The highest BCUT2D eigenvalue weighted by Crippen LogP contribution is 2.20. The second kappa shape index (κ2) is 4.07. The molecule has 0 aliphatic carbocycles. The molecule has 0 fully saturated rings. The molecule has 0 spiro atoms. The zero-order valence-electron chi connectivity index (χ0n) is 6.87. The summed E-state index contributed by atoms with van der Waals surface area (Å²) in [5.41, 5.74) is 0.540. The van der Waals surface area contributed by atoms with Crippen LogP contribution >= 0.6 is 15.9 Å². The van der Waals surface area contributed by atoms with Crippen molar-refractivity contribution in [1.82, 2.24) is 0 Å². The summed E-state index contributed by atoms with van der Waals surface area (Å²) in [6, 6.07) is 6.20. The molecule has 0 saturated carbocycles. The Balaban J connectivity index is 3.15. The molecule has 3 nitrogen and oxygen atoms in total. The van der Waals surface area contributed by atoms with Crippen LogP contribution in [0.2, 0.25) is 0 Å². The van der Waals surface area contributed by atoms with Crippen molar-refractivity contribution in [2.45, 2.75) is 5.75 Å². The molecule has 0 amide bonds. The third-order valence-electron chi connectivity index (χ3n) is 1.50. The van der Waals surface area contributed by atoms with E-state index in [0.717, 1.165) is 0 Å². The van der Waals surface area contributed by atoms with Crippen LogP contribution in [0.25, 0.3) is 0 Å². The van der Waals surface area contributed by atoms with Crippen molar-refractivity contribution in [2.24, 2.45) is 0 Å². The van der Waals surface area contributed by atoms with Crippen molar-refractivity contribution >= 4 is 26.2 Å². The van der Waals surface area contributed by atoms with Crippen molar-refractivity contribution in [3.63, 3.8) is 0 Å². The molecule has 6 heteroatoms. The topological polar surface area (TPSA) is 57.9 Å². The van der Waals surface area contributed by atoms with Crippen LogP contribution in [0.15, 0.2) is 22.7 Å². The van der Waals surface area contributed by atoms with Crippen LogP contribution in [0.1, 0.15) is 11.1 Å². The number of halogens is 2. The quantitative estimate of drug-likeness (QED) is 0.778. The number of hydrogen-bond acceptors (Lipinski definition) is 3. The third kappa shape index (κ3) is 3.09. The number of nitrogens with zero attached hydrogens (tertiary/aromatic N) is 1. The number of benzene rings is 1. The molecule has 1 aromatic rings. The van der Waals surface area contributed by atoms with Crippen LogP contribution < -0.4 is 0 Å². The lowest BCUT2D eigenvalue weighted by Crippen LogP contribution is -1.97. The molecule has 0 saturated heterocycles. The first kappa shape index (κ1) is 11.1. The maximum absolute atomic E-state index is 12.4. The van der Waals surface area contributed by atoms with Crippen LogP contribution in [0.5, 0.6) is 0 Å². The molecule has 74 valence electrons. The Kier molecular flexibility index (Phi) is 3.24. The van der Waals surface area contributed by atoms with Gasteiger partial charge in [0.25, 0.3) is 0 Å². The van der Waals surface area contributed by atoms with E-state index in [1.807, 2.05) is 6.07 Å². The van der Waals surface area contributed by atoms with Crippen LogP contribution in [0.4, 0.5) is 3.89 Å². The fourth-order valence-electron chi connectivity index (χ4n) is 0.941. The highest BCUT2D eigenvalue weighted by molar-refractivity contribution is 9.10. The van der Waals surface area contributed by atoms with Crippen molar-refractivity contribution in [2.75, 3.05) is 0 Å². The Labute approximate surface area is 89.5 Å². The van der Waals surface area contributed by atoms with Gasteiger partial charge >= 0.3 is 10.2 Å². The van der Waals surface area contributed by atoms with E-state index in [2.05, 4.69) is 15.9 Å². The Bertz CT molecular complexity index is 493. The van der Waals surface area contributed by atoms with Gasteiger partial charge in [0.15, 0.2) is 0 Å². The summed E-state index contributed by atoms with van der Waals surface area (Å²) in [6.07, 6.45) is 0. The Morgan fingerprint density at radius 3 is 2.64 bits per heavy atom. The average molecular weight is 278 g/mol. The first-order valence-corrected chi connectivity index (χ1v) is 5.88. The van der Waals surface area contributed by atoms with E-state index in [0.29, 0.717) is 10.0 Å². The first-order valence-electron chi connectivity index (χ1n) is 3.53. The predicted molar refractivity (Wildman–Crippen MR) is 52.6 cm³/mol. The maximum atomic E-state index is 12.4. The second-order valence-corrected chi connectivity index (χ2v) is 4.82. The Hall–Kier alpha value is -0.930. The van der Waals surface area contributed by atoms with E-state index in [9.17, 15) is 12.3 Å². The van der Waals surface area contributed by atoms with Gasteiger partial charge in [0, 0.05) is 4.47 Å². The van der Waals surface area contributed by atoms with E-state index < -0.39 is 16.0 Å². The molecule has 0 aromatic heterocycles. The molecule has 0 N–H and O–H groups in total. The van der Waals surface area contributed by atoms with Crippen LogP contribution in [0.3, 0.4) is 0 Å². The molecule has 1 rings (SSSR count). The summed E-state index contributed by atoms with van der Waals surface area (Å²) >= 11 is 3.07. The third-order valence-corrected chi connectivity index (χ3v) is 2.93. The summed E-state index contributed by atoms with van der Waals surface area (Å²) in [6.45, 7) is 0. The van der Waals surface area contributed by atoms with E-state index in [-0.39, 0.29) is 5.56 Å². The van der Waals surface area contributed by atoms with Gasteiger partial charge in [0.2, 0.25) is 0 Å². The number of nitriles is 1. The monoisotopic (exact) mass is 277 g/mol. The van der Waals surface area contributed by atoms with Crippen LogP contribution in [-0.4, -0.2) is 8.42 Å². The lowest BCUT2D eigenvalue weighted by Gasteiger charge is -2.01. The maximum Gasteiger partial charge on any atom is 0.306 e. The molecule has 0 aliphatic rings. The molecule has 1 aromatic carbocycles. The molecule has 0 aliphatic heterocycles. The number of rotatable bonds is 2. The fraction of sp³-hybridized carbons (Fsp3) is 0.125. The molecule has 0 radical (unpaired) electrons. The SMILES string of the molecule is N#Cc1ccc(Br)c(CS(=O)(=O)F)c1. The van der Waals surface area contributed by atoms with E-state index in [1.165, 1.54) is 18.2 Å². The largest absolute Gasteiger partial charge is 0.306 e. The van der Waals surface area contributed by atoms with Gasteiger partial charge in [-0.05, 0) is 23.8 Å². The van der Waals surface area contributed by atoms with Crippen molar-refractivity contribution < 1.29 is 12.3 Å². The van der Waals surface area contributed by atoms with Gasteiger partial charge in [0.05, 0.1) is 11.6 Å². The van der Waals surface area contributed by atoms with Crippen LogP contribution in [-0.2, 0) is 16.0 Å². The average Bonchev–Trinajstić information content (AvgIpc) is 2.06. The minimum atomic E-state index is -4.56. The molecule has 0 heterocycles. The molecular formula is C8H5BrFNO2S. The molecular weight excluding hydrogens is 273 g/mol. The summed E-state index contributed by atoms with van der Waals surface area (Å²) < 4.78 is 33.6. The predicted octanol–water partition coefficient (Wildman–Crippen LogP) is 2.12. The normalized spacial score (nSPS) is 10.9. The molecule has 0 unspecified atom stereocenters. The van der Waals surface area contributed by atoms with Gasteiger partial charge in [-0.15, -0.1) is 3.89 Å². The lowest BCUT2D eigenvalue weighted by molar-refractivity contribution is 0.551. The van der Waals surface area contributed by atoms with Gasteiger partial charge in [-0.25, -0.2) is 0 Å². The highest BCUT2D eigenvalue weighted by Gasteiger charge is 2.12. The summed E-state index contributed by atoms with van der Waals surface area (Å²) in [5.74, 6) is -0.719. The van der Waals surface area contributed by atoms with E-state index in [1.54, 1.807) is 0 Å². The zero-order valence-corrected chi connectivity index (χ0v) is 9.27. The molecule has 14 heavy (non-hydrogen) atoms. The summed E-state index contributed by atoms with van der Waals surface area (Å²) in [4.78, 5) is 0. The zero-order chi connectivity index (χ0) is 10.8. The van der Waals surface area contributed by atoms with Gasteiger partial charge in [-0.1, -0.05) is 15.9 Å². The van der Waals surface area contributed by atoms with Gasteiger partial charge in [-0.3, -0.25) is 0 Å². The lowest BCUT2D eigenvalue weighted by atomic mass is 10.2. The standard InChI is InChI=1S/C8H5BrFNO2S/c9-8-2-1-6(4-11)3-7(8)5-14(10,12)13/h1-3H,5H2. The summed E-state index contributed by atoms with van der Waals surface area (Å²) in [5, 5.41) is 8.54. The van der Waals surface area contributed by atoms with Crippen molar-refractivity contribution in [3.05, 3.63) is 33.8 Å².